The number of nitrogens with zero attached hydrogens (tertiary/aromatic N) is 2. The summed E-state index contributed by atoms with van der Waals surface area (Å²) in [5.41, 5.74) is 0.858. The van der Waals surface area contributed by atoms with Crippen molar-refractivity contribution in [2.75, 3.05) is 29.7 Å². The zero-order valence-electron chi connectivity index (χ0n) is 9.26. The molecule has 17 heavy (non-hydrogen) atoms. The fourth-order valence-corrected chi connectivity index (χ4v) is 3.26. The number of sulfonamides is 1. The molecule has 5 nitrogen and oxygen atoms in total. The van der Waals surface area contributed by atoms with E-state index in [0.717, 1.165) is 0 Å². The zero-order valence-corrected chi connectivity index (χ0v) is 10.1. The maximum Gasteiger partial charge on any atom is 0.236 e. The van der Waals surface area contributed by atoms with Crippen LogP contribution in [0.15, 0.2) is 24.3 Å². The summed E-state index contributed by atoms with van der Waals surface area (Å²) in [6, 6.07) is 8.79. The maximum absolute atomic E-state index is 12.0. The zero-order chi connectivity index (χ0) is 12.3. The molecule has 6 heteroatoms. The third kappa shape index (κ3) is 2.40. The van der Waals surface area contributed by atoms with Crippen LogP contribution in [0.1, 0.15) is 5.56 Å². The minimum absolute atomic E-state index is 0.0623. The van der Waals surface area contributed by atoms with E-state index in [0.29, 0.717) is 30.9 Å². The lowest BCUT2D eigenvalue weighted by molar-refractivity contribution is 0.594. The van der Waals surface area contributed by atoms with Crippen LogP contribution in [0, 0.1) is 11.3 Å². The molecule has 2 rings (SSSR count). The first kappa shape index (κ1) is 11.9. The molecule has 1 N–H and O–H groups in total. The number of nitriles is 1. The van der Waals surface area contributed by atoms with Crippen molar-refractivity contribution in [3.63, 3.8) is 0 Å². The minimum Gasteiger partial charge on any atom is -0.314 e. The minimum atomic E-state index is -3.33. The van der Waals surface area contributed by atoms with Crippen molar-refractivity contribution >= 4 is 15.7 Å². The lowest BCUT2D eigenvalue weighted by Gasteiger charge is -2.22. The highest BCUT2D eigenvalue weighted by atomic mass is 32.2. The van der Waals surface area contributed by atoms with Gasteiger partial charge in [-0.25, -0.2) is 8.42 Å². The molecule has 0 saturated carbocycles. The molecule has 1 aliphatic rings. The van der Waals surface area contributed by atoms with Crippen LogP contribution in [0.25, 0.3) is 0 Å². The molecule has 1 fully saturated rings. The Morgan fingerprint density at radius 3 is 2.82 bits per heavy atom. The van der Waals surface area contributed by atoms with E-state index < -0.39 is 10.0 Å². The molecule has 0 bridgehead atoms. The first-order valence-corrected chi connectivity index (χ1v) is 6.96. The summed E-state index contributed by atoms with van der Waals surface area (Å²) in [6.45, 7) is 1.41. The van der Waals surface area contributed by atoms with E-state index in [9.17, 15) is 8.42 Å². The molecule has 0 atom stereocenters. The van der Waals surface area contributed by atoms with Gasteiger partial charge in [-0.3, -0.25) is 4.31 Å². The number of hydrogen-bond donors (Lipinski definition) is 1. The van der Waals surface area contributed by atoms with Gasteiger partial charge in [-0.05, 0) is 12.1 Å². The average molecular weight is 251 g/mol. The molecule has 0 aliphatic carbocycles. The fourth-order valence-electron chi connectivity index (χ4n) is 1.81. The molecular weight excluding hydrogens is 238 g/mol. The second-order valence-electron chi connectivity index (χ2n) is 3.77. The van der Waals surface area contributed by atoms with Crippen LogP contribution in [-0.4, -0.2) is 33.8 Å². The number of rotatable bonds is 1. The number of nitrogens with one attached hydrogen (secondary N) is 1. The van der Waals surface area contributed by atoms with Crippen molar-refractivity contribution in [3.8, 4) is 6.07 Å². The van der Waals surface area contributed by atoms with Crippen molar-refractivity contribution in [2.24, 2.45) is 0 Å². The van der Waals surface area contributed by atoms with Crippen molar-refractivity contribution in [1.29, 1.82) is 5.26 Å². The van der Waals surface area contributed by atoms with Gasteiger partial charge in [0.05, 0.1) is 17.0 Å². The number of hydrogen-bond acceptors (Lipinski definition) is 4. The Kier molecular flexibility index (Phi) is 3.31. The van der Waals surface area contributed by atoms with E-state index in [-0.39, 0.29) is 5.75 Å². The average Bonchev–Trinajstić information content (AvgIpc) is 2.50. The SMILES string of the molecule is N#Cc1ccccc1N1CCNCCS1(=O)=O. The van der Waals surface area contributed by atoms with E-state index >= 15 is 0 Å². The quantitative estimate of drug-likeness (QED) is 0.779. The lowest BCUT2D eigenvalue weighted by Crippen LogP contribution is -2.34. The number of para-hydroxylation sites is 1. The predicted octanol–water partition coefficient (Wildman–Crippen LogP) is 0.298. The molecule has 1 aliphatic heterocycles. The van der Waals surface area contributed by atoms with Crippen LogP contribution in [0.3, 0.4) is 0 Å². The van der Waals surface area contributed by atoms with E-state index in [1.54, 1.807) is 24.3 Å². The third-order valence-electron chi connectivity index (χ3n) is 2.66. The summed E-state index contributed by atoms with van der Waals surface area (Å²) in [5.74, 6) is 0.0623. The highest BCUT2D eigenvalue weighted by Gasteiger charge is 2.25. The standard InChI is InChI=1S/C11H13N3O2S/c12-9-10-3-1-2-4-11(10)14-7-5-13-6-8-17(14,15)16/h1-4,13H,5-8H2. The molecule has 1 heterocycles. The Hall–Kier alpha value is -1.58. The Balaban J connectivity index is 2.47. The summed E-state index contributed by atoms with van der Waals surface area (Å²) in [4.78, 5) is 0. The van der Waals surface area contributed by atoms with Crippen LogP contribution in [-0.2, 0) is 10.0 Å². The number of anilines is 1. The van der Waals surface area contributed by atoms with Crippen molar-refractivity contribution in [3.05, 3.63) is 29.8 Å². The molecule has 0 spiro atoms. The van der Waals surface area contributed by atoms with Crippen LogP contribution >= 0.6 is 0 Å². The first-order valence-electron chi connectivity index (χ1n) is 5.35. The van der Waals surface area contributed by atoms with Crippen LogP contribution in [0.5, 0.6) is 0 Å². The molecule has 0 radical (unpaired) electrons. The molecule has 0 aromatic heterocycles. The van der Waals surface area contributed by atoms with Crippen molar-refractivity contribution in [2.45, 2.75) is 0 Å². The summed E-state index contributed by atoms with van der Waals surface area (Å²) in [5, 5.41) is 12.0. The first-order chi connectivity index (χ1) is 8.15. The van der Waals surface area contributed by atoms with Crippen LogP contribution in [0.2, 0.25) is 0 Å². The third-order valence-corrected chi connectivity index (χ3v) is 4.43. The van der Waals surface area contributed by atoms with Gasteiger partial charge in [-0.2, -0.15) is 5.26 Å². The van der Waals surface area contributed by atoms with Gasteiger partial charge in [0.2, 0.25) is 10.0 Å². The normalized spacial score (nSPS) is 19.4. The Bertz CT molecular complexity index is 548. The molecule has 1 aromatic rings. The van der Waals surface area contributed by atoms with Gasteiger partial charge in [0.15, 0.2) is 0 Å². The highest BCUT2D eigenvalue weighted by molar-refractivity contribution is 7.92. The van der Waals surface area contributed by atoms with Gasteiger partial charge in [0.1, 0.15) is 6.07 Å². The van der Waals surface area contributed by atoms with E-state index in [2.05, 4.69) is 5.32 Å². The Morgan fingerprint density at radius 1 is 1.29 bits per heavy atom. The summed E-state index contributed by atoms with van der Waals surface area (Å²) < 4.78 is 25.4. The lowest BCUT2D eigenvalue weighted by atomic mass is 10.2. The molecule has 0 amide bonds. The van der Waals surface area contributed by atoms with E-state index in [1.807, 2.05) is 6.07 Å². The van der Waals surface area contributed by atoms with E-state index in [4.69, 9.17) is 5.26 Å². The Morgan fingerprint density at radius 2 is 2.06 bits per heavy atom. The summed E-state index contributed by atoms with van der Waals surface area (Å²) in [7, 11) is -3.33. The fraction of sp³-hybridized carbons (Fsp3) is 0.364. The summed E-state index contributed by atoms with van der Waals surface area (Å²) in [6.07, 6.45) is 0. The van der Waals surface area contributed by atoms with Crippen LogP contribution in [0.4, 0.5) is 5.69 Å². The topological polar surface area (TPSA) is 73.2 Å². The second kappa shape index (κ2) is 4.73. The molecule has 0 unspecified atom stereocenters. The van der Waals surface area contributed by atoms with Crippen LogP contribution < -0.4 is 9.62 Å². The maximum atomic E-state index is 12.0. The second-order valence-corrected chi connectivity index (χ2v) is 5.78. The summed E-state index contributed by atoms with van der Waals surface area (Å²) >= 11 is 0. The molecule has 1 saturated heterocycles. The molecule has 90 valence electrons. The van der Waals surface area contributed by atoms with Gasteiger partial charge < -0.3 is 5.32 Å². The molecular formula is C11H13N3O2S. The molecule has 1 aromatic carbocycles. The monoisotopic (exact) mass is 251 g/mol. The predicted molar refractivity (Wildman–Crippen MR) is 65.2 cm³/mol. The van der Waals surface area contributed by atoms with Gasteiger partial charge in [-0.1, -0.05) is 12.1 Å². The van der Waals surface area contributed by atoms with Crippen molar-refractivity contribution in [1.82, 2.24) is 5.32 Å². The van der Waals surface area contributed by atoms with Gasteiger partial charge >= 0.3 is 0 Å². The van der Waals surface area contributed by atoms with Crippen molar-refractivity contribution < 1.29 is 8.42 Å². The van der Waals surface area contributed by atoms with Gasteiger partial charge in [0.25, 0.3) is 0 Å². The number of benzene rings is 1. The highest BCUT2D eigenvalue weighted by Crippen LogP contribution is 2.23. The van der Waals surface area contributed by atoms with Gasteiger partial charge in [-0.15, -0.1) is 0 Å². The Labute approximate surface area is 101 Å². The smallest absolute Gasteiger partial charge is 0.236 e. The largest absolute Gasteiger partial charge is 0.314 e. The van der Waals surface area contributed by atoms with Gasteiger partial charge in [0, 0.05) is 19.6 Å². The van der Waals surface area contributed by atoms with E-state index in [1.165, 1.54) is 4.31 Å².